The summed E-state index contributed by atoms with van der Waals surface area (Å²) in [7, 11) is 0. The molecule has 0 aromatic rings. The minimum atomic E-state index is 0.0617. The Morgan fingerprint density at radius 1 is 0.783 bits per heavy atom. The Bertz CT molecular complexity index is 339. The van der Waals surface area contributed by atoms with Gasteiger partial charge in [0.25, 0.3) is 0 Å². The average Bonchev–Trinajstić information content (AvgIpc) is 2.52. The molecule has 7 heteroatoms. The first kappa shape index (κ1) is 23.6. The van der Waals surface area contributed by atoms with Gasteiger partial charge in [0.1, 0.15) is 0 Å². The van der Waals surface area contributed by atoms with E-state index in [0.29, 0.717) is 10.5 Å². The van der Waals surface area contributed by atoms with Gasteiger partial charge >= 0.3 is 0 Å². The zero-order valence-corrected chi connectivity index (χ0v) is 17.9. The molecular weight excluding hydrogens is 385 g/mol. The van der Waals surface area contributed by atoms with E-state index in [9.17, 15) is 9.59 Å². The number of hydrogen-bond donors (Lipinski definition) is 0. The van der Waals surface area contributed by atoms with E-state index in [0.717, 1.165) is 34.5 Å². The lowest BCUT2D eigenvalue weighted by molar-refractivity contribution is -0.107. The molecule has 2 nitrogen and oxygen atoms in total. The minimum Gasteiger partial charge on any atom is -0.282 e. The molecule has 0 saturated heterocycles. The van der Waals surface area contributed by atoms with Crippen molar-refractivity contribution in [3.8, 4) is 0 Å². The van der Waals surface area contributed by atoms with Gasteiger partial charge in [0.05, 0.1) is 0 Å². The van der Waals surface area contributed by atoms with E-state index in [1.807, 2.05) is 35.3 Å². The summed E-state index contributed by atoms with van der Waals surface area (Å²) in [6.07, 6.45) is 2.76. The van der Waals surface area contributed by atoms with Crippen molar-refractivity contribution in [1.82, 2.24) is 0 Å². The molecular formula is C16H26O2S5. The van der Waals surface area contributed by atoms with E-state index in [4.69, 9.17) is 0 Å². The molecule has 0 aliphatic heterocycles. The zero-order chi connectivity index (χ0) is 17.5. The first-order valence-electron chi connectivity index (χ1n) is 7.38. The number of carbonyl (C=O) groups is 2. The topological polar surface area (TPSA) is 34.1 Å². The lowest BCUT2D eigenvalue weighted by Gasteiger charge is -2.09. The van der Waals surface area contributed by atoms with Crippen LogP contribution in [0.5, 0.6) is 0 Å². The van der Waals surface area contributed by atoms with Crippen LogP contribution in [0.1, 0.15) is 13.8 Å². The average molecular weight is 411 g/mol. The fourth-order valence-electron chi connectivity index (χ4n) is 1.40. The molecule has 132 valence electrons. The second-order valence-electron chi connectivity index (χ2n) is 4.67. The van der Waals surface area contributed by atoms with Crippen LogP contribution in [-0.4, -0.2) is 55.2 Å². The molecule has 0 N–H and O–H groups in total. The maximum Gasteiger partial charge on any atom is 0.211 e. The summed E-state index contributed by atoms with van der Waals surface area (Å²) in [5.41, 5.74) is 0. The van der Waals surface area contributed by atoms with Gasteiger partial charge in [-0.2, -0.15) is 35.3 Å². The van der Waals surface area contributed by atoms with Crippen LogP contribution in [0.2, 0.25) is 0 Å². The molecule has 0 aromatic heterocycles. The molecule has 0 rings (SSSR count). The SMILES string of the molecule is C=CC(=O)SC(C)CSCCSCCSCC(C)SC(=O)C=C. The van der Waals surface area contributed by atoms with Crippen LogP contribution in [0.4, 0.5) is 0 Å². The molecule has 0 saturated carbocycles. The molecule has 0 heterocycles. The first-order valence-corrected chi connectivity index (χ1v) is 12.6. The highest BCUT2D eigenvalue weighted by Gasteiger charge is 2.08. The van der Waals surface area contributed by atoms with Gasteiger partial charge in [-0.05, 0) is 12.2 Å². The van der Waals surface area contributed by atoms with Crippen molar-refractivity contribution in [3.05, 3.63) is 25.3 Å². The quantitative estimate of drug-likeness (QED) is 0.299. The maximum atomic E-state index is 11.2. The zero-order valence-electron chi connectivity index (χ0n) is 13.8. The van der Waals surface area contributed by atoms with E-state index in [1.54, 1.807) is 0 Å². The Labute approximate surface area is 162 Å². The normalized spacial score (nSPS) is 13.3. The summed E-state index contributed by atoms with van der Waals surface area (Å²) in [5, 5.41) is 0.824. The molecule has 0 aliphatic carbocycles. The minimum absolute atomic E-state index is 0.0617. The monoisotopic (exact) mass is 410 g/mol. The van der Waals surface area contributed by atoms with Crippen LogP contribution in [0, 0.1) is 0 Å². The third-order valence-electron chi connectivity index (χ3n) is 2.42. The van der Waals surface area contributed by atoms with E-state index < -0.39 is 0 Å². The van der Waals surface area contributed by atoms with Crippen LogP contribution in [0.25, 0.3) is 0 Å². The Morgan fingerprint density at radius 3 is 1.48 bits per heavy atom. The smallest absolute Gasteiger partial charge is 0.211 e. The predicted octanol–water partition coefficient (Wildman–Crippen LogP) is 4.85. The van der Waals surface area contributed by atoms with Crippen LogP contribution in [0.15, 0.2) is 25.3 Å². The van der Waals surface area contributed by atoms with Gasteiger partial charge < -0.3 is 0 Å². The molecule has 23 heavy (non-hydrogen) atoms. The summed E-state index contributed by atoms with van der Waals surface area (Å²) < 4.78 is 0. The third-order valence-corrected chi connectivity index (χ3v) is 8.73. The summed E-state index contributed by atoms with van der Waals surface area (Å²) in [5.74, 6) is 6.57. The molecule has 0 fully saturated rings. The summed E-state index contributed by atoms with van der Waals surface area (Å²) >= 11 is 8.51. The highest BCUT2D eigenvalue weighted by Crippen LogP contribution is 2.20. The standard InChI is InChI=1S/C16H26O2S5/c1-5-15(17)22-13(3)11-20-9-7-19-8-10-21-12-14(4)23-16(18)6-2/h5-6,13-14H,1-2,7-12H2,3-4H3. The summed E-state index contributed by atoms with van der Waals surface area (Å²) in [4.78, 5) is 22.4. The summed E-state index contributed by atoms with van der Waals surface area (Å²) in [6.45, 7) is 11.1. The number of hydrogen-bond acceptors (Lipinski definition) is 7. The Hall–Kier alpha value is 0.570. The van der Waals surface area contributed by atoms with Crippen molar-refractivity contribution in [2.45, 2.75) is 24.3 Å². The lowest BCUT2D eigenvalue weighted by atomic mass is 10.6. The van der Waals surface area contributed by atoms with Gasteiger partial charge in [0.2, 0.25) is 10.2 Å². The highest BCUT2D eigenvalue weighted by atomic mass is 32.2. The molecule has 0 aromatic carbocycles. The van der Waals surface area contributed by atoms with Crippen molar-refractivity contribution >= 4 is 69.0 Å². The van der Waals surface area contributed by atoms with Crippen molar-refractivity contribution in [1.29, 1.82) is 0 Å². The first-order chi connectivity index (χ1) is 11.0. The second kappa shape index (κ2) is 16.1. The van der Waals surface area contributed by atoms with Crippen LogP contribution in [0.3, 0.4) is 0 Å². The molecule has 2 unspecified atom stereocenters. The Balaban J connectivity index is 3.36. The largest absolute Gasteiger partial charge is 0.282 e. The second-order valence-corrected chi connectivity index (χ2v) is 11.1. The van der Waals surface area contributed by atoms with Crippen molar-refractivity contribution < 1.29 is 9.59 Å². The number of thioether (sulfide) groups is 5. The van der Waals surface area contributed by atoms with Crippen LogP contribution in [-0.2, 0) is 9.59 Å². The van der Waals surface area contributed by atoms with Gasteiger partial charge in [0.15, 0.2) is 0 Å². The van der Waals surface area contributed by atoms with E-state index in [-0.39, 0.29) is 10.2 Å². The molecule has 0 amide bonds. The maximum absolute atomic E-state index is 11.2. The predicted molar refractivity (Wildman–Crippen MR) is 116 cm³/mol. The highest BCUT2D eigenvalue weighted by molar-refractivity contribution is 8.15. The number of rotatable bonds is 14. The lowest BCUT2D eigenvalue weighted by Crippen LogP contribution is -2.05. The van der Waals surface area contributed by atoms with Crippen LogP contribution >= 0.6 is 58.8 Å². The van der Waals surface area contributed by atoms with Crippen molar-refractivity contribution in [2.75, 3.05) is 34.5 Å². The van der Waals surface area contributed by atoms with Gasteiger partial charge in [-0.3, -0.25) is 9.59 Å². The fraction of sp³-hybridized carbons (Fsp3) is 0.625. The van der Waals surface area contributed by atoms with Gasteiger partial charge in [-0.15, -0.1) is 0 Å². The van der Waals surface area contributed by atoms with Crippen LogP contribution < -0.4 is 0 Å². The van der Waals surface area contributed by atoms with E-state index >= 15 is 0 Å². The fourth-order valence-corrected chi connectivity index (χ4v) is 6.59. The van der Waals surface area contributed by atoms with E-state index in [2.05, 4.69) is 27.0 Å². The van der Waals surface area contributed by atoms with Crippen molar-refractivity contribution in [3.63, 3.8) is 0 Å². The van der Waals surface area contributed by atoms with Crippen molar-refractivity contribution in [2.24, 2.45) is 0 Å². The molecule has 0 bridgehead atoms. The molecule has 0 radical (unpaired) electrons. The van der Waals surface area contributed by atoms with Gasteiger partial charge in [-0.25, -0.2) is 0 Å². The number of carbonyl (C=O) groups excluding carboxylic acids is 2. The molecule has 0 spiro atoms. The van der Waals surface area contributed by atoms with E-state index in [1.165, 1.54) is 35.7 Å². The third kappa shape index (κ3) is 15.8. The Morgan fingerprint density at radius 2 is 1.13 bits per heavy atom. The Kier molecular flexibility index (Phi) is 16.5. The summed E-state index contributed by atoms with van der Waals surface area (Å²) in [6, 6.07) is 0. The van der Waals surface area contributed by atoms with Gasteiger partial charge in [-0.1, -0.05) is 50.5 Å². The van der Waals surface area contributed by atoms with Gasteiger partial charge in [0, 0.05) is 45.0 Å². The molecule has 2 atom stereocenters. The molecule has 0 aliphatic rings.